The number of hydrogen-bond acceptors (Lipinski definition) is 1. The summed E-state index contributed by atoms with van der Waals surface area (Å²) in [6.45, 7) is 15.9. The molecular weight excluding hydrogens is 218 g/mol. The third kappa shape index (κ3) is 6.78. The fourth-order valence-electron chi connectivity index (χ4n) is 2.99. The van der Waals surface area contributed by atoms with Crippen molar-refractivity contribution in [2.24, 2.45) is 17.3 Å². The van der Waals surface area contributed by atoms with Crippen LogP contribution < -0.4 is 0 Å². The number of rotatable bonds is 7. The molecule has 0 spiro atoms. The first kappa shape index (κ1) is 16.0. The summed E-state index contributed by atoms with van der Waals surface area (Å²) in [6, 6.07) is 0. The molecule has 1 nitrogen and oxygen atoms in total. The van der Waals surface area contributed by atoms with E-state index in [1.807, 2.05) is 0 Å². The Labute approximate surface area is 115 Å². The van der Waals surface area contributed by atoms with Crippen LogP contribution in [0.1, 0.15) is 73.1 Å². The fraction of sp³-hybridized carbons (Fsp3) is 1.00. The molecule has 0 amide bonds. The van der Waals surface area contributed by atoms with Crippen LogP contribution in [0.25, 0.3) is 0 Å². The molecule has 0 aliphatic carbocycles. The van der Waals surface area contributed by atoms with E-state index in [1.54, 1.807) is 0 Å². The highest BCUT2D eigenvalue weighted by atomic mass is 15.1. The van der Waals surface area contributed by atoms with E-state index in [0.29, 0.717) is 5.41 Å². The van der Waals surface area contributed by atoms with Gasteiger partial charge in [-0.2, -0.15) is 0 Å². The standard InChI is InChI=1S/C17H35N/c1-15(2)16(14-18-12-8-9-13-18)10-6-7-11-17(3,4)5/h15-16H,6-14H2,1-5H3. The van der Waals surface area contributed by atoms with E-state index in [9.17, 15) is 0 Å². The van der Waals surface area contributed by atoms with Gasteiger partial charge in [0.2, 0.25) is 0 Å². The second kappa shape index (κ2) is 7.53. The van der Waals surface area contributed by atoms with Crippen molar-refractivity contribution in [3.05, 3.63) is 0 Å². The molecule has 0 aromatic heterocycles. The molecule has 0 radical (unpaired) electrons. The molecule has 0 saturated carbocycles. The maximum absolute atomic E-state index is 2.69. The lowest BCUT2D eigenvalue weighted by molar-refractivity contribution is 0.219. The Morgan fingerprint density at radius 3 is 2.11 bits per heavy atom. The summed E-state index contributed by atoms with van der Waals surface area (Å²) in [5.41, 5.74) is 0.516. The third-order valence-electron chi connectivity index (χ3n) is 4.39. The van der Waals surface area contributed by atoms with Gasteiger partial charge < -0.3 is 4.90 Å². The second-order valence-corrected chi connectivity index (χ2v) is 7.82. The zero-order valence-electron chi connectivity index (χ0n) is 13.5. The summed E-state index contributed by atoms with van der Waals surface area (Å²) in [6.07, 6.45) is 8.50. The first-order valence-corrected chi connectivity index (χ1v) is 8.11. The Balaban J connectivity index is 2.21. The predicted molar refractivity (Wildman–Crippen MR) is 81.9 cm³/mol. The molecule has 1 atom stereocenters. The molecule has 0 N–H and O–H groups in total. The molecule has 1 fully saturated rings. The Morgan fingerprint density at radius 1 is 1.00 bits per heavy atom. The van der Waals surface area contributed by atoms with Crippen molar-refractivity contribution in [3.8, 4) is 0 Å². The highest BCUT2D eigenvalue weighted by Crippen LogP contribution is 2.26. The van der Waals surface area contributed by atoms with Gasteiger partial charge in [-0.3, -0.25) is 0 Å². The molecule has 108 valence electrons. The Kier molecular flexibility index (Phi) is 6.70. The highest BCUT2D eigenvalue weighted by Gasteiger charge is 2.20. The lowest BCUT2D eigenvalue weighted by atomic mass is 9.86. The van der Waals surface area contributed by atoms with Crippen LogP contribution in [0.15, 0.2) is 0 Å². The molecule has 1 aliphatic rings. The zero-order valence-corrected chi connectivity index (χ0v) is 13.5. The van der Waals surface area contributed by atoms with Crippen molar-refractivity contribution in [1.82, 2.24) is 4.90 Å². The van der Waals surface area contributed by atoms with Gasteiger partial charge in [-0.15, -0.1) is 0 Å². The van der Waals surface area contributed by atoms with Gasteiger partial charge in [0, 0.05) is 6.54 Å². The Morgan fingerprint density at radius 2 is 1.61 bits per heavy atom. The molecule has 0 aromatic carbocycles. The maximum Gasteiger partial charge on any atom is 0.00121 e. The van der Waals surface area contributed by atoms with Gasteiger partial charge in [0.25, 0.3) is 0 Å². The SMILES string of the molecule is CC(C)C(CCCCC(C)(C)C)CN1CCCC1. The largest absolute Gasteiger partial charge is 0.303 e. The molecule has 18 heavy (non-hydrogen) atoms. The van der Waals surface area contributed by atoms with Crippen molar-refractivity contribution in [2.45, 2.75) is 73.1 Å². The van der Waals surface area contributed by atoms with Crippen molar-refractivity contribution in [1.29, 1.82) is 0 Å². The van der Waals surface area contributed by atoms with E-state index < -0.39 is 0 Å². The third-order valence-corrected chi connectivity index (χ3v) is 4.39. The van der Waals surface area contributed by atoms with Crippen molar-refractivity contribution in [2.75, 3.05) is 19.6 Å². The van der Waals surface area contributed by atoms with Crippen molar-refractivity contribution < 1.29 is 0 Å². The van der Waals surface area contributed by atoms with Crippen LogP contribution in [0.2, 0.25) is 0 Å². The lowest BCUT2D eigenvalue weighted by Gasteiger charge is -2.27. The average Bonchev–Trinajstić information content (AvgIpc) is 2.73. The van der Waals surface area contributed by atoms with Crippen LogP contribution >= 0.6 is 0 Å². The average molecular weight is 253 g/mol. The number of unbranched alkanes of at least 4 members (excludes halogenated alkanes) is 1. The molecular formula is C17H35N. The Hall–Kier alpha value is -0.0400. The summed E-state index contributed by atoms with van der Waals surface area (Å²) in [5.74, 6) is 1.77. The molecule has 0 aromatic rings. The van der Waals surface area contributed by atoms with E-state index in [2.05, 4.69) is 39.5 Å². The summed E-state index contributed by atoms with van der Waals surface area (Å²) in [4.78, 5) is 2.69. The lowest BCUT2D eigenvalue weighted by Crippen LogP contribution is -2.29. The van der Waals surface area contributed by atoms with Crippen LogP contribution in [0, 0.1) is 17.3 Å². The van der Waals surface area contributed by atoms with Gasteiger partial charge in [-0.1, -0.05) is 47.5 Å². The number of nitrogens with zero attached hydrogens (tertiary/aromatic N) is 1. The van der Waals surface area contributed by atoms with Gasteiger partial charge >= 0.3 is 0 Å². The second-order valence-electron chi connectivity index (χ2n) is 7.82. The molecule has 1 aliphatic heterocycles. The molecule has 1 heteroatoms. The maximum atomic E-state index is 2.69. The topological polar surface area (TPSA) is 3.24 Å². The monoisotopic (exact) mass is 253 g/mol. The van der Waals surface area contributed by atoms with Crippen LogP contribution in [0.4, 0.5) is 0 Å². The van der Waals surface area contributed by atoms with E-state index >= 15 is 0 Å². The first-order chi connectivity index (χ1) is 8.38. The van der Waals surface area contributed by atoms with E-state index in [1.165, 1.54) is 58.2 Å². The Bertz CT molecular complexity index is 208. The van der Waals surface area contributed by atoms with Crippen LogP contribution in [-0.4, -0.2) is 24.5 Å². The summed E-state index contributed by atoms with van der Waals surface area (Å²) >= 11 is 0. The normalized spacial score (nSPS) is 19.7. The summed E-state index contributed by atoms with van der Waals surface area (Å²) in [5, 5.41) is 0. The van der Waals surface area contributed by atoms with Gasteiger partial charge in [0.15, 0.2) is 0 Å². The van der Waals surface area contributed by atoms with Gasteiger partial charge in [-0.25, -0.2) is 0 Å². The highest BCUT2D eigenvalue weighted by molar-refractivity contribution is 4.73. The quantitative estimate of drug-likeness (QED) is 0.580. The van der Waals surface area contributed by atoms with Gasteiger partial charge in [0.05, 0.1) is 0 Å². The number of likely N-dealkylation sites (tertiary alicyclic amines) is 1. The van der Waals surface area contributed by atoms with Gasteiger partial charge in [-0.05, 0) is 56.0 Å². The van der Waals surface area contributed by atoms with Crippen LogP contribution in [0.5, 0.6) is 0 Å². The molecule has 1 unspecified atom stereocenters. The fourth-order valence-corrected chi connectivity index (χ4v) is 2.99. The minimum atomic E-state index is 0.516. The van der Waals surface area contributed by atoms with Crippen LogP contribution in [0.3, 0.4) is 0 Å². The predicted octanol–water partition coefficient (Wildman–Crippen LogP) is 4.96. The minimum Gasteiger partial charge on any atom is -0.303 e. The molecule has 1 rings (SSSR count). The van der Waals surface area contributed by atoms with E-state index in [-0.39, 0.29) is 0 Å². The number of hydrogen-bond donors (Lipinski definition) is 0. The minimum absolute atomic E-state index is 0.516. The molecule has 0 bridgehead atoms. The van der Waals surface area contributed by atoms with Crippen LogP contribution in [-0.2, 0) is 0 Å². The smallest absolute Gasteiger partial charge is 0.00121 e. The summed E-state index contributed by atoms with van der Waals surface area (Å²) < 4.78 is 0. The zero-order chi connectivity index (χ0) is 13.6. The van der Waals surface area contributed by atoms with E-state index in [4.69, 9.17) is 0 Å². The van der Waals surface area contributed by atoms with Crippen molar-refractivity contribution >= 4 is 0 Å². The van der Waals surface area contributed by atoms with Gasteiger partial charge in [0.1, 0.15) is 0 Å². The van der Waals surface area contributed by atoms with E-state index in [0.717, 1.165) is 11.8 Å². The van der Waals surface area contributed by atoms with Crippen molar-refractivity contribution in [3.63, 3.8) is 0 Å². The first-order valence-electron chi connectivity index (χ1n) is 8.11. The summed E-state index contributed by atoms with van der Waals surface area (Å²) in [7, 11) is 0. The molecule has 1 saturated heterocycles. The molecule has 1 heterocycles.